The standard InChI is InChI=1S/C21H15BrFN3O2/c22-18-7-3-1-5-15(18)13-24-26-21(28)17-6-2-4-8-19(17)25-20(27)14-9-11-16(23)12-10-14/h1-13H,(H,25,27)(H,26,28)/b24-13+. The van der Waals surface area contributed by atoms with Gasteiger partial charge in [0.2, 0.25) is 0 Å². The Kier molecular flexibility index (Phi) is 6.29. The van der Waals surface area contributed by atoms with E-state index >= 15 is 0 Å². The maximum atomic E-state index is 13.0. The number of hydrogen-bond donors (Lipinski definition) is 2. The number of benzene rings is 3. The number of carbonyl (C=O) groups excluding carboxylic acids is 2. The highest BCUT2D eigenvalue weighted by molar-refractivity contribution is 9.10. The summed E-state index contributed by atoms with van der Waals surface area (Å²) in [6.45, 7) is 0. The van der Waals surface area contributed by atoms with Crippen molar-refractivity contribution in [1.29, 1.82) is 0 Å². The van der Waals surface area contributed by atoms with E-state index in [1.54, 1.807) is 24.3 Å². The van der Waals surface area contributed by atoms with Crippen LogP contribution in [-0.2, 0) is 0 Å². The Bertz CT molecular complexity index is 1040. The zero-order chi connectivity index (χ0) is 19.9. The van der Waals surface area contributed by atoms with E-state index in [9.17, 15) is 14.0 Å². The lowest BCUT2D eigenvalue weighted by molar-refractivity contribution is 0.0956. The topological polar surface area (TPSA) is 70.6 Å². The fourth-order valence-electron chi connectivity index (χ4n) is 2.39. The molecule has 0 fully saturated rings. The van der Waals surface area contributed by atoms with Crippen LogP contribution in [0.3, 0.4) is 0 Å². The Morgan fingerprint density at radius 3 is 2.32 bits per heavy atom. The van der Waals surface area contributed by atoms with Crippen LogP contribution in [0.2, 0.25) is 0 Å². The molecule has 0 unspecified atom stereocenters. The first-order chi connectivity index (χ1) is 13.5. The number of rotatable bonds is 5. The van der Waals surface area contributed by atoms with Crippen LogP contribution in [0.5, 0.6) is 0 Å². The van der Waals surface area contributed by atoms with Crippen LogP contribution in [-0.4, -0.2) is 18.0 Å². The molecule has 2 amide bonds. The molecule has 0 atom stereocenters. The highest BCUT2D eigenvalue weighted by atomic mass is 79.9. The number of nitrogens with zero attached hydrogens (tertiary/aromatic N) is 1. The third kappa shape index (κ3) is 4.89. The highest BCUT2D eigenvalue weighted by Crippen LogP contribution is 2.17. The quantitative estimate of drug-likeness (QED) is 0.450. The lowest BCUT2D eigenvalue weighted by Gasteiger charge is -2.10. The molecule has 28 heavy (non-hydrogen) atoms. The molecule has 3 aromatic carbocycles. The number of hydrogen-bond acceptors (Lipinski definition) is 3. The summed E-state index contributed by atoms with van der Waals surface area (Å²) < 4.78 is 13.9. The van der Waals surface area contributed by atoms with Gasteiger partial charge >= 0.3 is 0 Å². The van der Waals surface area contributed by atoms with Crippen LogP contribution in [0, 0.1) is 5.82 Å². The Morgan fingerprint density at radius 2 is 1.57 bits per heavy atom. The van der Waals surface area contributed by atoms with Crippen molar-refractivity contribution in [3.8, 4) is 0 Å². The van der Waals surface area contributed by atoms with Gasteiger partial charge in [0.25, 0.3) is 11.8 Å². The third-order valence-electron chi connectivity index (χ3n) is 3.80. The molecule has 0 aliphatic heterocycles. The van der Waals surface area contributed by atoms with Crippen LogP contribution in [0.1, 0.15) is 26.3 Å². The van der Waals surface area contributed by atoms with Crippen molar-refractivity contribution in [1.82, 2.24) is 5.43 Å². The molecular formula is C21H15BrFN3O2. The Labute approximate surface area is 169 Å². The molecule has 5 nitrogen and oxygen atoms in total. The summed E-state index contributed by atoms with van der Waals surface area (Å²) in [7, 11) is 0. The van der Waals surface area contributed by atoms with Crippen LogP contribution < -0.4 is 10.7 Å². The molecule has 3 rings (SSSR count). The van der Waals surface area contributed by atoms with Gasteiger partial charge in [0, 0.05) is 15.6 Å². The molecule has 0 aliphatic rings. The van der Waals surface area contributed by atoms with Gasteiger partial charge in [-0.2, -0.15) is 5.10 Å². The van der Waals surface area contributed by atoms with Gasteiger partial charge in [-0.25, -0.2) is 9.82 Å². The molecular weight excluding hydrogens is 425 g/mol. The van der Waals surface area contributed by atoms with E-state index in [1.807, 2.05) is 24.3 Å². The second-order valence-corrected chi connectivity index (χ2v) is 6.58. The highest BCUT2D eigenvalue weighted by Gasteiger charge is 2.13. The van der Waals surface area contributed by atoms with E-state index in [0.29, 0.717) is 5.69 Å². The van der Waals surface area contributed by atoms with Crippen molar-refractivity contribution in [3.05, 3.63) is 99.8 Å². The fraction of sp³-hybridized carbons (Fsp3) is 0. The van der Waals surface area contributed by atoms with Gasteiger partial charge in [0.05, 0.1) is 17.5 Å². The molecule has 0 aromatic heterocycles. The van der Waals surface area contributed by atoms with E-state index in [-0.39, 0.29) is 11.1 Å². The number of carbonyl (C=O) groups is 2. The Morgan fingerprint density at radius 1 is 0.893 bits per heavy atom. The molecule has 7 heteroatoms. The second-order valence-electron chi connectivity index (χ2n) is 5.73. The Hall–Kier alpha value is -3.32. The van der Waals surface area contributed by atoms with Crippen LogP contribution >= 0.6 is 15.9 Å². The predicted molar refractivity (Wildman–Crippen MR) is 110 cm³/mol. The number of para-hydroxylation sites is 1. The van der Waals surface area contributed by atoms with Crippen molar-refractivity contribution in [3.63, 3.8) is 0 Å². The summed E-state index contributed by atoms with van der Waals surface area (Å²) >= 11 is 3.40. The maximum absolute atomic E-state index is 13.0. The minimum absolute atomic E-state index is 0.252. The summed E-state index contributed by atoms with van der Waals surface area (Å²) in [5.41, 5.74) is 4.11. The summed E-state index contributed by atoms with van der Waals surface area (Å²) in [6.07, 6.45) is 1.52. The summed E-state index contributed by atoms with van der Waals surface area (Å²) in [6, 6.07) is 19.1. The van der Waals surface area contributed by atoms with E-state index in [1.165, 1.54) is 30.5 Å². The van der Waals surface area contributed by atoms with Gasteiger partial charge < -0.3 is 5.32 Å². The molecule has 140 valence electrons. The average Bonchev–Trinajstić information content (AvgIpc) is 2.70. The van der Waals surface area contributed by atoms with Crippen LogP contribution in [0.15, 0.2) is 82.4 Å². The molecule has 0 saturated carbocycles. The third-order valence-corrected chi connectivity index (χ3v) is 4.52. The number of halogens is 2. The minimum atomic E-state index is -0.474. The lowest BCUT2D eigenvalue weighted by atomic mass is 10.1. The van der Waals surface area contributed by atoms with E-state index in [4.69, 9.17) is 0 Å². The number of hydrazone groups is 1. The molecule has 0 bridgehead atoms. The van der Waals surface area contributed by atoms with Gasteiger partial charge in [-0.1, -0.05) is 46.3 Å². The van der Waals surface area contributed by atoms with Crippen molar-refractivity contribution >= 4 is 39.6 Å². The SMILES string of the molecule is O=C(Nc1ccccc1C(=O)N/N=C/c1ccccc1Br)c1ccc(F)cc1. The van der Waals surface area contributed by atoms with Gasteiger partial charge in [-0.15, -0.1) is 0 Å². The zero-order valence-corrected chi connectivity index (χ0v) is 16.1. The summed E-state index contributed by atoms with van der Waals surface area (Å²) in [5, 5.41) is 6.62. The molecule has 0 heterocycles. The van der Waals surface area contributed by atoms with Gasteiger partial charge in [0.1, 0.15) is 5.82 Å². The van der Waals surface area contributed by atoms with Crippen molar-refractivity contribution in [2.45, 2.75) is 0 Å². The zero-order valence-electron chi connectivity index (χ0n) is 14.5. The molecule has 0 spiro atoms. The maximum Gasteiger partial charge on any atom is 0.273 e. The fourth-order valence-corrected chi connectivity index (χ4v) is 2.77. The number of amides is 2. The van der Waals surface area contributed by atoms with Crippen LogP contribution in [0.4, 0.5) is 10.1 Å². The number of nitrogens with one attached hydrogen (secondary N) is 2. The normalized spacial score (nSPS) is 10.6. The smallest absolute Gasteiger partial charge is 0.273 e. The second kappa shape index (κ2) is 9.05. The first kappa shape index (κ1) is 19.4. The van der Waals surface area contributed by atoms with E-state index in [2.05, 4.69) is 31.8 Å². The summed E-state index contributed by atoms with van der Waals surface area (Å²) in [4.78, 5) is 24.8. The van der Waals surface area contributed by atoms with E-state index in [0.717, 1.165) is 10.0 Å². The predicted octanol–water partition coefficient (Wildman–Crippen LogP) is 4.60. The van der Waals surface area contributed by atoms with Crippen molar-refractivity contribution in [2.24, 2.45) is 5.10 Å². The van der Waals surface area contributed by atoms with Crippen molar-refractivity contribution in [2.75, 3.05) is 5.32 Å². The largest absolute Gasteiger partial charge is 0.321 e. The van der Waals surface area contributed by atoms with Crippen molar-refractivity contribution < 1.29 is 14.0 Å². The first-order valence-electron chi connectivity index (χ1n) is 8.28. The van der Waals surface area contributed by atoms with E-state index < -0.39 is 17.6 Å². The van der Waals surface area contributed by atoms with Gasteiger partial charge in [-0.05, 0) is 42.5 Å². The minimum Gasteiger partial charge on any atom is -0.321 e. The van der Waals surface area contributed by atoms with Crippen LogP contribution in [0.25, 0.3) is 0 Å². The molecule has 3 aromatic rings. The Balaban J connectivity index is 1.72. The van der Waals surface area contributed by atoms with Gasteiger partial charge in [0.15, 0.2) is 0 Å². The lowest BCUT2D eigenvalue weighted by Crippen LogP contribution is -2.21. The molecule has 0 saturated heterocycles. The molecule has 0 radical (unpaired) electrons. The first-order valence-corrected chi connectivity index (χ1v) is 9.08. The number of anilines is 1. The molecule has 2 N–H and O–H groups in total. The molecule has 0 aliphatic carbocycles. The van der Waals surface area contributed by atoms with Gasteiger partial charge in [-0.3, -0.25) is 9.59 Å². The summed E-state index contributed by atoms with van der Waals surface area (Å²) in [5.74, 6) is -1.35. The monoisotopic (exact) mass is 439 g/mol. The average molecular weight is 440 g/mol.